The number of carbonyl (C=O) groups is 2. The molecule has 0 radical (unpaired) electrons. The lowest BCUT2D eigenvalue weighted by atomic mass is 10.0. The average molecular weight is 406 g/mol. The zero-order chi connectivity index (χ0) is 21.8. The number of nitrogens with two attached hydrogens (primary N) is 4. The number of carboxylic acid groups (broad SMARTS) is 1. The van der Waals surface area contributed by atoms with E-state index in [1.165, 1.54) is 12.1 Å². The minimum atomic E-state index is -1.02. The number of amides is 1. The summed E-state index contributed by atoms with van der Waals surface area (Å²) >= 11 is 0. The highest BCUT2D eigenvalue weighted by atomic mass is 16.4. The molecule has 3 aromatic carbocycles. The third-order valence-electron chi connectivity index (χ3n) is 4.33. The molecule has 0 heterocycles. The van der Waals surface area contributed by atoms with Crippen LogP contribution < -0.4 is 32.9 Å². The van der Waals surface area contributed by atoms with Crippen molar-refractivity contribution in [2.24, 2.45) is 17.2 Å². The summed E-state index contributed by atoms with van der Waals surface area (Å²) in [5, 5.41) is 19.3. The number of anilines is 1. The molecule has 152 valence electrons. The number of benzene rings is 3. The Morgan fingerprint density at radius 2 is 1.63 bits per heavy atom. The highest BCUT2D eigenvalue weighted by Gasteiger charge is 2.13. The van der Waals surface area contributed by atoms with E-state index < -0.39 is 11.9 Å². The van der Waals surface area contributed by atoms with Gasteiger partial charge in [-0.3, -0.25) is 32.2 Å². The fourth-order valence-electron chi connectivity index (χ4n) is 3.04. The van der Waals surface area contributed by atoms with E-state index in [2.05, 4.69) is 10.3 Å². The predicted molar refractivity (Wildman–Crippen MR) is 114 cm³/mol. The molecule has 11 N–H and O–H groups in total. The standard InChI is InChI=1S/C21H20N6O3/c22-19(23)14-2-1-13-9-16(4-3-12(13)8-14)26-20(30)15-5-11(7-18(28)29)6-17(10-15)27-21(24)25/h1-6,8-10H,7H2,(H3,22,23)(H,26,30)(H,28,29)(H4,24,25,27)/p+2. The van der Waals surface area contributed by atoms with Crippen LogP contribution in [-0.2, 0) is 11.2 Å². The second-order valence-electron chi connectivity index (χ2n) is 6.76. The van der Waals surface area contributed by atoms with Crippen LogP contribution in [0.1, 0.15) is 21.5 Å². The van der Waals surface area contributed by atoms with Gasteiger partial charge in [-0.2, -0.15) is 0 Å². The van der Waals surface area contributed by atoms with E-state index in [-0.39, 0.29) is 23.8 Å². The van der Waals surface area contributed by atoms with Crippen LogP contribution in [0.25, 0.3) is 10.8 Å². The van der Waals surface area contributed by atoms with Gasteiger partial charge in [-0.1, -0.05) is 12.1 Å². The summed E-state index contributed by atoms with van der Waals surface area (Å²) in [5.41, 5.74) is 19.0. The third-order valence-corrected chi connectivity index (χ3v) is 4.33. The zero-order valence-electron chi connectivity index (χ0n) is 16.0. The Hall–Kier alpha value is -4.40. The molecule has 0 spiro atoms. The first-order chi connectivity index (χ1) is 14.2. The van der Waals surface area contributed by atoms with E-state index in [1.807, 2.05) is 24.3 Å². The molecule has 9 heteroatoms. The zero-order valence-corrected chi connectivity index (χ0v) is 16.0. The number of aliphatic carboxylic acids is 1. The van der Waals surface area contributed by atoms with E-state index >= 15 is 0 Å². The minimum absolute atomic E-state index is 0.0712. The van der Waals surface area contributed by atoms with Crippen LogP contribution in [0.3, 0.4) is 0 Å². The van der Waals surface area contributed by atoms with Crippen LogP contribution >= 0.6 is 0 Å². The molecule has 0 aliphatic heterocycles. The maximum atomic E-state index is 12.8. The van der Waals surface area contributed by atoms with Crippen molar-refractivity contribution >= 4 is 45.8 Å². The number of amidine groups is 1. The van der Waals surface area contributed by atoms with Crippen molar-refractivity contribution in [2.45, 2.75) is 6.42 Å². The summed E-state index contributed by atoms with van der Waals surface area (Å²) < 4.78 is 0. The van der Waals surface area contributed by atoms with Gasteiger partial charge < -0.3 is 10.4 Å². The number of hydrogen-bond acceptors (Lipinski definition) is 2. The molecule has 0 aliphatic rings. The van der Waals surface area contributed by atoms with Crippen molar-refractivity contribution in [3.63, 3.8) is 0 Å². The molecular formula is C21H22N6O3+2. The molecule has 3 rings (SSSR count). The van der Waals surface area contributed by atoms with Crippen molar-refractivity contribution in [2.75, 3.05) is 5.32 Å². The van der Waals surface area contributed by atoms with E-state index in [9.17, 15) is 9.59 Å². The highest BCUT2D eigenvalue weighted by molar-refractivity contribution is 6.06. The maximum Gasteiger partial charge on any atom is 0.343 e. The SMILES string of the molecule is NC(=[NH2+])c1ccc2cc(NC(=O)c3cc(CC(=O)O)cc([NH+]=C(N)N)c3)ccc2c1. The van der Waals surface area contributed by atoms with Gasteiger partial charge in [0.1, 0.15) is 5.69 Å². The highest BCUT2D eigenvalue weighted by Crippen LogP contribution is 2.21. The molecular weight excluding hydrogens is 384 g/mol. The molecule has 0 fully saturated rings. The Labute approximate surface area is 171 Å². The molecule has 0 saturated heterocycles. The van der Waals surface area contributed by atoms with Crippen LogP contribution in [0.2, 0.25) is 0 Å². The Morgan fingerprint density at radius 3 is 2.30 bits per heavy atom. The van der Waals surface area contributed by atoms with Crippen LogP contribution in [-0.4, -0.2) is 28.8 Å². The fraction of sp³-hybridized carbons (Fsp3) is 0.0476. The van der Waals surface area contributed by atoms with Gasteiger partial charge in [-0.15, -0.1) is 0 Å². The minimum Gasteiger partial charge on any atom is -0.481 e. The average Bonchev–Trinajstić information content (AvgIpc) is 2.66. The van der Waals surface area contributed by atoms with E-state index in [4.69, 9.17) is 27.7 Å². The molecule has 0 atom stereocenters. The van der Waals surface area contributed by atoms with Gasteiger partial charge in [-0.05, 0) is 58.8 Å². The lowest BCUT2D eigenvalue weighted by Gasteiger charge is -2.09. The second-order valence-corrected chi connectivity index (χ2v) is 6.76. The van der Waals surface area contributed by atoms with Gasteiger partial charge >= 0.3 is 11.9 Å². The first-order valence-electron chi connectivity index (χ1n) is 8.95. The van der Waals surface area contributed by atoms with Gasteiger partial charge in [0.25, 0.3) is 11.7 Å². The van der Waals surface area contributed by atoms with Crippen molar-refractivity contribution in [3.8, 4) is 0 Å². The molecule has 30 heavy (non-hydrogen) atoms. The molecule has 0 unspecified atom stereocenters. The summed E-state index contributed by atoms with van der Waals surface area (Å²) in [7, 11) is 0. The number of rotatable bonds is 6. The van der Waals surface area contributed by atoms with Crippen molar-refractivity contribution < 1.29 is 25.1 Å². The van der Waals surface area contributed by atoms with Gasteiger partial charge in [-0.25, -0.2) is 4.99 Å². The first-order valence-corrected chi connectivity index (χ1v) is 8.95. The smallest absolute Gasteiger partial charge is 0.343 e. The first kappa shape index (κ1) is 20.3. The van der Waals surface area contributed by atoms with Crippen LogP contribution in [0, 0.1) is 0 Å². The Kier molecular flexibility index (Phi) is 5.63. The lowest BCUT2D eigenvalue weighted by Crippen LogP contribution is -2.72. The number of nitrogens with one attached hydrogen (secondary N) is 2. The van der Waals surface area contributed by atoms with Crippen molar-refractivity contribution in [3.05, 3.63) is 71.3 Å². The number of hydrogen-bond donors (Lipinski definition) is 7. The summed E-state index contributed by atoms with van der Waals surface area (Å²) in [5.74, 6) is -1.27. The summed E-state index contributed by atoms with van der Waals surface area (Å²) in [6.07, 6.45) is -0.250. The van der Waals surface area contributed by atoms with Gasteiger partial charge in [0.2, 0.25) is 0 Å². The van der Waals surface area contributed by atoms with Crippen molar-refractivity contribution in [1.29, 1.82) is 0 Å². The molecule has 0 aromatic heterocycles. The predicted octanol–water partition coefficient (Wildman–Crippen LogP) is -1.83. The quantitative estimate of drug-likeness (QED) is 0.186. The monoisotopic (exact) mass is 406 g/mol. The van der Waals surface area contributed by atoms with Crippen LogP contribution in [0.5, 0.6) is 0 Å². The second kappa shape index (κ2) is 8.31. The van der Waals surface area contributed by atoms with E-state index in [0.29, 0.717) is 16.9 Å². The Morgan fingerprint density at radius 1 is 0.933 bits per heavy atom. The number of carboxylic acids is 1. The number of fused-ring (bicyclic) bond motifs is 1. The Bertz CT molecular complexity index is 1200. The normalized spacial score (nSPS) is 10.4. The van der Waals surface area contributed by atoms with Crippen LogP contribution in [0.15, 0.2) is 54.6 Å². The molecule has 9 nitrogen and oxygen atoms in total. The van der Waals surface area contributed by atoms with E-state index in [1.54, 1.807) is 18.2 Å². The summed E-state index contributed by atoms with van der Waals surface area (Å²) in [6, 6.07) is 15.5. The Balaban J connectivity index is 1.90. The number of guanidine groups is 1. The molecule has 3 aromatic rings. The van der Waals surface area contributed by atoms with Crippen LogP contribution in [0.4, 0.5) is 11.4 Å². The molecule has 0 saturated carbocycles. The lowest BCUT2D eigenvalue weighted by molar-refractivity contribution is -0.356. The topological polar surface area (TPSA) is 184 Å². The third kappa shape index (κ3) is 4.90. The van der Waals surface area contributed by atoms with Crippen molar-refractivity contribution in [1.82, 2.24) is 0 Å². The number of carbonyl (C=O) groups excluding carboxylic acids is 1. The van der Waals surface area contributed by atoms with Gasteiger partial charge in [0.05, 0.1) is 12.0 Å². The van der Waals surface area contributed by atoms with E-state index in [0.717, 1.165) is 16.3 Å². The van der Waals surface area contributed by atoms with Gasteiger partial charge in [0.15, 0.2) is 0 Å². The molecule has 0 bridgehead atoms. The summed E-state index contributed by atoms with van der Waals surface area (Å²) in [6.45, 7) is 0. The molecule has 0 aliphatic carbocycles. The largest absolute Gasteiger partial charge is 0.481 e. The fourth-order valence-corrected chi connectivity index (χ4v) is 3.04. The summed E-state index contributed by atoms with van der Waals surface area (Å²) in [4.78, 5) is 26.5. The maximum absolute atomic E-state index is 12.8. The van der Waals surface area contributed by atoms with Gasteiger partial charge in [0, 0.05) is 11.3 Å². The molecule has 1 amide bonds.